The maximum Gasteiger partial charge on any atom is 0.0656 e. The van der Waals surface area contributed by atoms with Gasteiger partial charge in [0, 0.05) is 0 Å². The smallest absolute Gasteiger partial charge is 0.0656 e. The molecule has 0 N–H and O–H groups in total. The van der Waals surface area contributed by atoms with Gasteiger partial charge in [0.05, 0.1) is 7.85 Å². The molecule has 0 aliphatic rings. The van der Waals surface area contributed by atoms with Gasteiger partial charge in [0.1, 0.15) is 0 Å². The number of hydrogen-bond acceptors (Lipinski definition) is 0. The van der Waals surface area contributed by atoms with Crippen molar-refractivity contribution in [2.45, 2.75) is 33.0 Å². The van der Waals surface area contributed by atoms with Gasteiger partial charge in [-0.15, -0.1) is 0 Å². The fourth-order valence-corrected chi connectivity index (χ4v) is 0.622. The van der Waals surface area contributed by atoms with Crippen molar-refractivity contribution in [1.29, 1.82) is 0 Å². The second-order valence-electron chi connectivity index (χ2n) is 1.92. The lowest BCUT2D eigenvalue weighted by Gasteiger charge is -2.05. The van der Waals surface area contributed by atoms with Gasteiger partial charge in [-0.2, -0.15) is 0 Å². The first-order valence-electron chi connectivity index (χ1n) is 3.05. The predicted molar refractivity (Wildman–Crippen MR) is 34.6 cm³/mol. The SMILES string of the molecule is [B]CC(CC)CC. The quantitative estimate of drug-likeness (QED) is 0.471. The van der Waals surface area contributed by atoms with Crippen molar-refractivity contribution in [3.63, 3.8) is 0 Å². The fourth-order valence-electron chi connectivity index (χ4n) is 0.622. The van der Waals surface area contributed by atoms with Crippen LogP contribution in [0.1, 0.15) is 26.7 Å². The van der Waals surface area contributed by atoms with Crippen molar-refractivity contribution >= 4 is 7.85 Å². The lowest BCUT2D eigenvalue weighted by molar-refractivity contribution is 0.544. The molecule has 0 aliphatic carbocycles. The molecule has 0 unspecified atom stereocenters. The van der Waals surface area contributed by atoms with E-state index in [1.165, 1.54) is 12.8 Å². The molecule has 0 bridgehead atoms. The Morgan fingerprint density at radius 2 is 1.71 bits per heavy atom. The summed E-state index contributed by atoms with van der Waals surface area (Å²) in [6, 6.07) is 0. The van der Waals surface area contributed by atoms with Gasteiger partial charge in [0.15, 0.2) is 0 Å². The van der Waals surface area contributed by atoms with Gasteiger partial charge in [-0.3, -0.25) is 0 Å². The van der Waals surface area contributed by atoms with Crippen LogP contribution in [0.5, 0.6) is 0 Å². The van der Waals surface area contributed by atoms with Crippen LogP contribution in [-0.4, -0.2) is 7.85 Å². The topological polar surface area (TPSA) is 0 Å². The first-order valence-corrected chi connectivity index (χ1v) is 3.05. The van der Waals surface area contributed by atoms with Crippen LogP contribution in [0.3, 0.4) is 0 Å². The minimum atomic E-state index is 0.764. The molecule has 0 rings (SSSR count). The minimum Gasteiger partial charge on any atom is -0.0859 e. The van der Waals surface area contributed by atoms with E-state index in [-0.39, 0.29) is 0 Å². The summed E-state index contributed by atoms with van der Waals surface area (Å²) < 4.78 is 0. The predicted octanol–water partition coefficient (Wildman–Crippen LogP) is 2.01. The molecule has 0 atom stereocenters. The molecule has 40 valence electrons. The number of hydrogen-bond donors (Lipinski definition) is 0. The van der Waals surface area contributed by atoms with E-state index in [4.69, 9.17) is 7.85 Å². The van der Waals surface area contributed by atoms with E-state index in [1.54, 1.807) is 0 Å². The average molecular weight is 96.0 g/mol. The summed E-state index contributed by atoms with van der Waals surface area (Å²) in [7, 11) is 5.39. The summed E-state index contributed by atoms with van der Waals surface area (Å²) in [5.74, 6) is 0.764. The molecular weight excluding hydrogens is 82.9 g/mol. The molecule has 0 aromatic rings. The van der Waals surface area contributed by atoms with Crippen LogP contribution >= 0.6 is 0 Å². The van der Waals surface area contributed by atoms with Gasteiger partial charge < -0.3 is 0 Å². The average Bonchev–Trinajstić information content (AvgIpc) is 1.72. The first kappa shape index (κ1) is 7.06. The molecule has 0 aromatic carbocycles. The second kappa shape index (κ2) is 4.23. The largest absolute Gasteiger partial charge is 0.0859 e. The molecule has 0 heterocycles. The van der Waals surface area contributed by atoms with Gasteiger partial charge in [0.25, 0.3) is 0 Å². The zero-order valence-electron chi connectivity index (χ0n) is 5.28. The van der Waals surface area contributed by atoms with E-state index in [0.717, 1.165) is 12.2 Å². The highest BCUT2D eigenvalue weighted by Crippen LogP contribution is 2.09. The Bertz CT molecular complexity index is 25.7. The van der Waals surface area contributed by atoms with Crippen molar-refractivity contribution in [1.82, 2.24) is 0 Å². The molecule has 2 radical (unpaired) electrons. The summed E-state index contributed by atoms with van der Waals surface area (Å²) in [6.45, 7) is 4.36. The van der Waals surface area contributed by atoms with E-state index >= 15 is 0 Å². The summed E-state index contributed by atoms with van der Waals surface area (Å²) in [5.41, 5.74) is 0. The summed E-state index contributed by atoms with van der Waals surface area (Å²) in [4.78, 5) is 0. The van der Waals surface area contributed by atoms with Gasteiger partial charge in [0.2, 0.25) is 0 Å². The van der Waals surface area contributed by atoms with Crippen molar-refractivity contribution in [2.75, 3.05) is 0 Å². The van der Waals surface area contributed by atoms with Crippen LogP contribution in [0.4, 0.5) is 0 Å². The molecule has 0 saturated heterocycles. The van der Waals surface area contributed by atoms with E-state index in [2.05, 4.69) is 13.8 Å². The Morgan fingerprint density at radius 1 is 1.29 bits per heavy atom. The minimum absolute atomic E-state index is 0.764. The van der Waals surface area contributed by atoms with Gasteiger partial charge >= 0.3 is 0 Å². The maximum absolute atomic E-state index is 5.39. The van der Waals surface area contributed by atoms with Crippen LogP contribution in [0.15, 0.2) is 0 Å². The lowest BCUT2D eigenvalue weighted by Crippen LogP contribution is -1.93. The van der Waals surface area contributed by atoms with Gasteiger partial charge in [-0.05, 0) is 5.92 Å². The third-order valence-corrected chi connectivity index (χ3v) is 1.49. The Labute approximate surface area is 47.7 Å². The zero-order chi connectivity index (χ0) is 5.70. The molecule has 0 saturated carbocycles. The third kappa shape index (κ3) is 2.72. The molecule has 1 heteroatoms. The Hall–Kier alpha value is 0.0649. The third-order valence-electron chi connectivity index (χ3n) is 1.49. The first-order chi connectivity index (χ1) is 3.35. The summed E-state index contributed by atoms with van der Waals surface area (Å²) in [6.07, 6.45) is 3.31. The molecular formula is C6H13B. The van der Waals surface area contributed by atoms with Crippen LogP contribution in [0.2, 0.25) is 6.32 Å². The monoisotopic (exact) mass is 96.1 g/mol. The van der Waals surface area contributed by atoms with Crippen LogP contribution in [0.25, 0.3) is 0 Å². The van der Waals surface area contributed by atoms with Crippen LogP contribution < -0.4 is 0 Å². The molecule has 0 nitrogen and oxygen atoms in total. The van der Waals surface area contributed by atoms with Crippen LogP contribution in [0, 0.1) is 5.92 Å². The molecule has 0 amide bonds. The highest BCUT2D eigenvalue weighted by molar-refractivity contribution is 6.08. The fraction of sp³-hybridized carbons (Fsp3) is 1.00. The Balaban J connectivity index is 2.99. The maximum atomic E-state index is 5.39. The van der Waals surface area contributed by atoms with E-state index in [1.807, 2.05) is 0 Å². The molecule has 0 aliphatic heterocycles. The highest BCUT2D eigenvalue weighted by Gasteiger charge is 1.95. The molecule has 0 fully saturated rings. The van der Waals surface area contributed by atoms with E-state index in [0.29, 0.717) is 0 Å². The van der Waals surface area contributed by atoms with Gasteiger partial charge in [-0.1, -0.05) is 33.0 Å². The highest BCUT2D eigenvalue weighted by atomic mass is 14.0. The van der Waals surface area contributed by atoms with Crippen molar-refractivity contribution in [2.24, 2.45) is 5.92 Å². The second-order valence-corrected chi connectivity index (χ2v) is 1.92. The molecule has 0 aromatic heterocycles. The molecule has 7 heavy (non-hydrogen) atoms. The lowest BCUT2D eigenvalue weighted by atomic mass is 9.88. The van der Waals surface area contributed by atoms with Crippen molar-refractivity contribution in [3.8, 4) is 0 Å². The summed E-state index contributed by atoms with van der Waals surface area (Å²) >= 11 is 0. The van der Waals surface area contributed by atoms with Gasteiger partial charge in [-0.25, -0.2) is 0 Å². The van der Waals surface area contributed by atoms with Crippen molar-refractivity contribution in [3.05, 3.63) is 0 Å². The Morgan fingerprint density at radius 3 is 1.71 bits per heavy atom. The number of rotatable bonds is 3. The Kier molecular flexibility index (Phi) is 4.27. The van der Waals surface area contributed by atoms with E-state index < -0.39 is 0 Å². The van der Waals surface area contributed by atoms with E-state index in [9.17, 15) is 0 Å². The standard InChI is InChI=1S/C6H13B/c1-3-6(4-2)5-7/h6H,3-5H2,1-2H3. The van der Waals surface area contributed by atoms with Crippen molar-refractivity contribution < 1.29 is 0 Å². The normalized spacial score (nSPS) is 10.1. The van der Waals surface area contributed by atoms with Crippen LogP contribution in [-0.2, 0) is 0 Å². The molecule has 0 spiro atoms. The zero-order valence-corrected chi connectivity index (χ0v) is 5.28. The summed E-state index contributed by atoms with van der Waals surface area (Å²) in [5, 5.41) is 0.